The van der Waals surface area contributed by atoms with E-state index in [0.29, 0.717) is 24.8 Å². The molecular formula is C15H19FN2O2. The van der Waals surface area contributed by atoms with Crippen LogP contribution in [0, 0.1) is 11.7 Å². The van der Waals surface area contributed by atoms with Gasteiger partial charge in [0.2, 0.25) is 0 Å². The van der Waals surface area contributed by atoms with Crippen molar-refractivity contribution in [2.24, 2.45) is 5.92 Å². The number of carbonyl (C=O) groups is 1. The first kappa shape index (κ1) is 13.4. The van der Waals surface area contributed by atoms with Gasteiger partial charge in [-0.25, -0.2) is 4.39 Å². The van der Waals surface area contributed by atoms with E-state index in [1.165, 1.54) is 18.2 Å². The average Bonchev–Trinajstić information content (AvgIpc) is 3.15. The van der Waals surface area contributed by atoms with E-state index in [-0.39, 0.29) is 17.5 Å². The number of nitrogen functional groups attached to an aromatic ring is 1. The van der Waals surface area contributed by atoms with Gasteiger partial charge in [0, 0.05) is 30.8 Å². The molecule has 1 saturated heterocycles. The highest BCUT2D eigenvalue weighted by atomic mass is 19.1. The zero-order valence-electron chi connectivity index (χ0n) is 11.3. The van der Waals surface area contributed by atoms with E-state index < -0.39 is 5.82 Å². The lowest BCUT2D eigenvalue weighted by Gasteiger charge is -2.25. The Bertz CT molecular complexity index is 511. The van der Waals surface area contributed by atoms with Crippen LogP contribution in [0.1, 0.15) is 29.6 Å². The van der Waals surface area contributed by atoms with Gasteiger partial charge in [0.1, 0.15) is 5.82 Å². The first-order chi connectivity index (χ1) is 9.65. The van der Waals surface area contributed by atoms with E-state index in [1.807, 2.05) is 4.90 Å². The Hall–Kier alpha value is -1.62. The van der Waals surface area contributed by atoms with Crippen LogP contribution < -0.4 is 5.73 Å². The number of hydrogen-bond acceptors (Lipinski definition) is 3. The molecule has 1 aromatic carbocycles. The average molecular weight is 278 g/mol. The second-order valence-electron chi connectivity index (χ2n) is 5.65. The highest BCUT2D eigenvalue weighted by Gasteiger charge is 2.35. The first-order valence-electron chi connectivity index (χ1n) is 7.09. The zero-order valence-corrected chi connectivity index (χ0v) is 11.3. The normalized spacial score (nSPS) is 21.9. The summed E-state index contributed by atoms with van der Waals surface area (Å²) < 4.78 is 18.7. The molecule has 2 fully saturated rings. The van der Waals surface area contributed by atoms with Gasteiger partial charge in [0.15, 0.2) is 0 Å². The van der Waals surface area contributed by atoms with Gasteiger partial charge in [0.05, 0.1) is 12.2 Å². The molecule has 5 heteroatoms. The van der Waals surface area contributed by atoms with E-state index in [2.05, 4.69) is 0 Å². The van der Waals surface area contributed by atoms with Gasteiger partial charge in [-0.3, -0.25) is 4.79 Å². The Morgan fingerprint density at radius 1 is 1.40 bits per heavy atom. The van der Waals surface area contributed by atoms with Gasteiger partial charge in [-0.15, -0.1) is 0 Å². The molecule has 1 heterocycles. The molecule has 2 aliphatic rings. The van der Waals surface area contributed by atoms with E-state index in [1.54, 1.807) is 0 Å². The maximum atomic E-state index is 13.3. The fourth-order valence-electron chi connectivity index (χ4n) is 2.66. The molecule has 1 atom stereocenters. The van der Waals surface area contributed by atoms with Crippen LogP contribution in [-0.2, 0) is 4.74 Å². The Labute approximate surface area is 117 Å². The van der Waals surface area contributed by atoms with Crippen molar-refractivity contribution in [3.63, 3.8) is 0 Å². The Morgan fingerprint density at radius 2 is 2.20 bits per heavy atom. The molecule has 0 aromatic heterocycles. The summed E-state index contributed by atoms with van der Waals surface area (Å²) >= 11 is 0. The van der Waals surface area contributed by atoms with Gasteiger partial charge >= 0.3 is 0 Å². The molecule has 1 unspecified atom stereocenters. The summed E-state index contributed by atoms with van der Waals surface area (Å²) in [7, 11) is 0. The predicted molar refractivity (Wildman–Crippen MR) is 73.8 cm³/mol. The van der Waals surface area contributed by atoms with Crippen molar-refractivity contribution in [1.82, 2.24) is 4.90 Å². The molecule has 1 amide bonds. The fourth-order valence-corrected chi connectivity index (χ4v) is 2.66. The molecule has 20 heavy (non-hydrogen) atoms. The van der Waals surface area contributed by atoms with Crippen LogP contribution in [0.4, 0.5) is 10.1 Å². The van der Waals surface area contributed by atoms with Crippen LogP contribution in [0.3, 0.4) is 0 Å². The number of anilines is 1. The highest BCUT2D eigenvalue weighted by molar-refractivity contribution is 5.99. The van der Waals surface area contributed by atoms with Crippen molar-refractivity contribution >= 4 is 11.6 Å². The fraction of sp³-hybridized carbons (Fsp3) is 0.533. The molecule has 1 aromatic rings. The summed E-state index contributed by atoms with van der Waals surface area (Å²) in [5, 5.41) is 0. The number of nitrogens with zero attached hydrogens (tertiary/aromatic N) is 1. The Balaban J connectivity index is 1.79. The van der Waals surface area contributed by atoms with Gasteiger partial charge in [-0.2, -0.15) is 0 Å². The number of benzene rings is 1. The van der Waals surface area contributed by atoms with Crippen molar-refractivity contribution in [2.75, 3.05) is 25.5 Å². The molecule has 0 bridgehead atoms. The SMILES string of the molecule is Nc1ccc(F)cc1C(=O)N(CC1CCOC1)C1CC1. The molecule has 3 rings (SSSR count). The molecule has 1 aliphatic carbocycles. The summed E-state index contributed by atoms with van der Waals surface area (Å²) in [6.07, 6.45) is 3.03. The van der Waals surface area contributed by atoms with Crippen LogP contribution in [0.25, 0.3) is 0 Å². The van der Waals surface area contributed by atoms with Crippen LogP contribution in [0.2, 0.25) is 0 Å². The van der Waals surface area contributed by atoms with E-state index in [9.17, 15) is 9.18 Å². The van der Waals surface area contributed by atoms with Gasteiger partial charge in [-0.05, 0) is 37.5 Å². The molecule has 108 valence electrons. The third kappa shape index (κ3) is 2.77. The van der Waals surface area contributed by atoms with Crippen LogP contribution in [-0.4, -0.2) is 36.6 Å². The number of carbonyl (C=O) groups excluding carboxylic acids is 1. The largest absolute Gasteiger partial charge is 0.398 e. The summed E-state index contributed by atoms with van der Waals surface area (Å²) in [5.74, 6) is -0.201. The second kappa shape index (κ2) is 5.40. The third-order valence-electron chi connectivity index (χ3n) is 3.97. The lowest BCUT2D eigenvalue weighted by Crippen LogP contribution is -2.37. The lowest BCUT2D eigenvalue weighted by molar-refractivity contribution is 0.0707. The van der Waals surface area contributed by atoms with Crippen LogP contribution in [0.5, 0.6) is 0 Å². The quantitative estimate of drug-likeness (QED) is 0.858. The molecule has 4 nitrogen and oxygen atoms in total. The summed E-state index contributed by atoms with van der Waals surface area (Å²) in [6, 6.07) is 4.24. The second-order valence-corrected chi connectivity index (χ2v) is 5.65. The van der Waals surface area contributed by atoms with Crippen molar-refractivity contribution in [3.05, 3.63) is 29.6 Å². The molecule has 1 aliphatic heterocycles. The third-order valence-corrected chi connectivity index (χ3v) is 3.97. The molecule has 0 spiro atoms. The van der Waals surface area contributed by atoms with E-state index in [4.69, 9.17) is 10.5 Å². The monoisotopic (exact) mass is 278 g/mol. The topological polar surface area (TPSA) is 55.6 Å². The predicted octanol–water partition coefficient (Wildman–Crippen LogP) is 2.05. The smallest absolute Gasteiger partial charge is 0.256 e. The van der Waals surface area contributed by atoms with Crippen molar-refractivity contribution < 1.29 is 13.9 Å². The molecule has 2 N–H and O–H groups in total. The van der Waals surface area contributed by atoms with Crippen molar-refractivity contribution in [2.45, 2.75) is 25.3 Å². The van der Waals surface area contributed by atoms with Crippen molar-refractivity contribution in [3.8, 4) is 0 Å². The number of amides is 1. The number of hydrogen-bond donors (Lipinski definition) is 1. The minimum absolute atomic E-state index is 0.156. The zero-order chi connectivity index (χ0) is 14.1. The number of nitrogens with two attached hydrogens (primary N) is 1. The summed E-state index contributed by atoms with van der Waals surface area (Å²) in [6.45, 7) is 2.15. The minimum Gasteiger partial charge on any atom is -0.398 e. The maximum absolute atomic E-state index is 13.3. The number of rotatable bonds is 4. The minimum atomic E-state index is -0.428. The van der Waals surface area contributed by atoms with Gasteiger partial charge < -0.3 is 15.4 Å². The number of ether oxygens (including phenoxy) is 1. The van der Waals surface area contributed by atoms with Gasteiger partial charge in [-0.1, -0.05) is 0 Å². The van der Waals surface area contributed by atoms with E-state index >= 15 is 0 Å². The summed E-state index contributed by atoms with van der Waals surface area (Å²) in [4.78, 5) is 14.5. The van der Waals surface area contributed by atoms with Crippen LogP contribution in [0.15, 0.2) is 18.2 Å². The Morgan fingerprint density at radius 3 is 2.85 bits per heavy atom. The van der Waals surface area contributed by atoms with Crippen LogP contribution >= 0.6 is 0 Å². The maximum Gasteiger partial charge on any atom is 0.256 e. The molecular weight excluding hydrogens is 259 g/mol. The van der Waals surface area contributed by atoms with Gasteiger partial charge in [0.25, 0.3) is 5.91 Å². The standard InChI is InChI=1S/C15H19FN2O2/c16-11-1-4-14(17)13(7-11)15(19)18(12-2-3-12)8-10-5-6-20-9-10/h1,4,7,10,12H,2-3,5-6,8-9,17H2. The highest BCUT2D eigenvalue weighted by Crippen LogP contribution is 2.31. The first-order valence-corrected chi connectivity index (χ1v) is 7.09. The lowest BCUT2D eigenvalue weighted by atomic mass is 10.1. The molecule has 1 saturated carbocycles. The molecule has 0 radical (unpaired) electrons. The number of halogens is 1. The summed E-state index contributed by atoms with van der Waals surface area (Å²) in [5.41, 5.74) is 6.43. The van der Waals surface area contributed by atoms with Crippen molar-refractivity contribution in [1.29, 1.82) is 0 Å². The Kier molecular flexibility index (Phi) is 3.61. The van der Waals surface area contributed by atoms with E-state index in [0.717, 1.165) is 25.9 Å².